The van der Waals surface area contributed by atoms with Crippen LogP contribution in [0.25, 0.3) is 66.4 Å². The summed E-state index contributed by atoms with van der Waals surface area (Å²) in [6.07, 6.45) is 6.45. The Morgan fingerprint density at radius 1 is 0.387 bits per heavy atom. The highest BCUT2D eigenvalue weighted by Crippen LogP contribution is 2.55. The van der Waals surface area contributed by atoms with E-state index in [1.165, 1.54) is 115 Å². The van der Waals surface area contributed by atoms with E-state index in [1.807, 2.05) is 0 Å². The lowest BCUT2D eigenvalue weighted by atomic mass is 9.80. The van der Waals surface area contributed by atoms with Gasteiger partial charge in [-0.1, -0.05) is 215 Å². The van der Waals surface area contributed by atoms with Gasteiger partial charge in [0.05, 0.1) is 17.1 Å². The fraction of sp³-hybridized carbons (Fsp3) is 0.148. The molecule has 2 aliphatic carbocycles. The molecule has 1 heteroatoms. The van der Waals surface area contributed by atoms with Crippen LogP contribution in [0.2, 0.25) is 0 Å². The zero-order valence-corrected chi connectivity index (χ0v) is 35.7. The molecule has 9 aromatic rings. The number of nitrogens with zero attached hydrogens (tertiary/aromatic N) is 1. The minimum Gasteiger partial charge on any atom is -0.309 e. The van der Waals surface area contributed by atoms with Crippen LogP contribution < -0.4 is 4.90 Å². The summed E-state index contributed by atoms with van der Waals surface area (Å²) < 4.78 is 0. The predicted octanol–water partition coefficient (Wildman–Crippen LogP) is 17.3. The van der Waals surface area contributed by atoms with E-state index >= 15 is 0 Å². The van der Waals surface area contributed by atoms with Gasteiger partial charge in [-0.25, -0.2) is 0 Å². The minimum atomic E-state index is -0.110. The van der Waals surface area contributed by atoms with Gasteiger partial charge in [0, 0.05) is 22.1 Å². The second-order valence-electron chi connectivity index (χ2n) is 17.8. The van der Waals surface area contributed by atoms with Crippen LogP contribution in [0.4, 0.5) is 17.1 Å². The summed E-state index contributed by atoms with van der Waals surface area (Å²) in [4.78, 5) is 2.58. The molecule has 1 nitrogen and oxygen atoms in total. The van der Waals surface area contributed by atoms with E-state index in [0.29, 0.717) is 5.92 Å². The maximum absolute atomic E-state index is 2.58. The Morgan fingerprint density at radius 3 is 1.65 bits per heavy atom. The fourth-order valence-electron chi connectivity index (χ4n) is 10.9. The molecule has 0 saturated heterocycles. The lowest BCUT2D eigenvalue weighted by Crippen LogP contribution is -2.15. The molecule has 1 fully saturated rings. The fourth-order valence-corrected chi connectivity index (χ4v) is 10.9. The highest BCUT2D eigenvalue weighted by atomic mass is 15.1. The molecule has 0 atom stereocenters. The first-order valence-corrected chi connectivity index (χ1v) is 22.5. The Labute approximate surface area is 367 Å². The molecule has 0 amide bonds. The van der Waals surface area contributed by atoms with Crippen molar-refractivity contribution in [3.8, 4) is 55.6 Å². The molecule has 0 N–H and O–H groups in total. The number of para-hydroxylation sites is 2. The lowest BCUT2D eigenvalue weighted by molar-refractivity contribution is 0.445. The van der Waals surface area contributed by atoms with Crippen molar-refractivity contribution in [1.29, 1.82) is 0 Å². The summed E-state index contributed by atoms with van der Waals surface area (Å²) in [5.74, 6) is 0.570. The van der Waals surface area contributed by atoms with Crippen LogP contribution >= 0.6 is 0 Å². The number of benzene rings is 9. The van der Waals surface area contributed by atoms with Gasteiger partial charge in [0.15, 0.2) is 0 Å². The number of fused-ring (bicyclic) bond motifs is 4. The standard InChI is InChI=1S/C61H51N/c1-61(2)54-35-15-12-31-52(54)60-51(34-20-36-55(60)61)49-30-14-17-38-57(49)62(58-40-39-46(42-21-6-3-7-22-42)41-53(58)44-25-10-5-11-26-44)56-37-16-13-29-48(56)50-33-19-28-45-27-18-32-47(59(45)50)43-23-8-4-9-24-43/h3,5-7,10-22,25-41,43H,4,8-9,23-24H2,1-2H3. The van der Waals surface area contributed by atoms with Gasteiger partial charge >= 0.3 is 0 Å². The smallest absolute Gasteiger partial charge is 0.0540 e. The Balaban J connectivity index is 1.21. The van der Waals surface area contributed by atoms with E-state index in [0.717, 1.165) is 17.1 Å². The normalized spacial score (nSPS) is 14.4. The predicted molar refractivity (Wildman–Crippen MR) is 264 cm³/mol. The summed E-state index contributed by atoms with van der Waals surface area (Å²) >= 11 is 0. The summed E-state index contributed by atoms with van der Waals surface area (Å²) in [5.41, 5.74) is 20.0. The molecule has 2 aliphatic rings. The van der Waals surface area contributed by atoms with Crippen molar-refractivity contribution >= 4 is 27.8 Å². The summed E-state index contributed by atoms with van der Waals surface area (Å²) in [6, 6.07) is 77.0. The van der Waals surface area contributed by atoms with E-state index < -0.39 is 0 Å². The third-order valence-corrected chi connectivity index (χ3v) is 13.9. The van der Waals surface area contributed by atoms with Crippen LogP contribution in [0.5, 0.6) is 0 Å². The van der Waals surface area contributed by atoms with Crippen LogP contribution in [0.3, 0.4) is 0 Å². The molecular formula is C61H51N. The third kappa shape index (κ3) is 6.47. The Hall–Kier alpha value is -6.96. The summed E-state index contributed by atoms with van der Waals surface area (Å²) in [6.45, 7) is 4.75. The van der Waals surface area contributed by atoms with E-state index in [2.05, 4.69) is 225 Å². The van der Waals surface area contributed by atoms with Crippen LogP contribution in [0.1, 0.15) is 68.6 Å². The zero-order chi connectivity index (χ0) is 41.6. The third-order valence-electron chi connectivity index (χ3n) is 13.9. The van der Waals surface area contributed by atoms with Gasteiger partial charge in [-0.15, -0.1) is 0 Å². The Bertz CT molecular complexity index is 3070. The minimum absolute atomic E-state index is 0.110. The maximum atomic E-state index is 2.58. The van der Waals surface area contributed by atoms with Crippen LogP contribution in [0, 0.1) is 0 Å². The van der Waals surface area contributed by atoms with Gasteiger partial charge in [0.2, 0.25) is 0 Å². The molecule has 300 valence electrons. The highest BCUT2D eigenvalue weighted by molar-refractivity contribution is 6.06. The molecule has 1 saturated carbocycles. The second-order valence-corrected chi connectivity index (χ2v) is 17.8. The molecule has 0 bridgehead atoms. The molecule has 0 radical (unpaired) electrons. The average Bonchev–Trinajstić information content (AvgIpc) is 3.58. The summed E-state index contributed by atoms with van der Waals surface area (Å²) in [7, 11) is 0. The molecule has 62 heavy (non-hydrogen) atoms. The number of hydrogen-bond acceptors (Lipinski definition) is 1. The van der Waals surface area contributed by atoms with Crippen molar-refractivity contribution in [2.75, 3.05) is 4.90 Å². The Morgan fingerprint density at radius 2 is 0.919 bits per heavy atom. The summed E-state index contributed by atoms with van der Waals surface area (Å²) in [5, 5.41) is 2.70. The molecule has 0 aliphatic heterocycles. The van der Waals surface area contributed by atoms with Crippen molar-refractivity contribution in [3.63, 3.8) is 0 Å². The number of hydrogen-bond donors (Lipinski definition) is 0. The van der Waals surface area contributed by atoms with E-state index in [1.54, 1.807) is 0 Å². The SMILES string of the molecule is CC1(C)c2ccccc2-c2c(-c3ccccc3N(c3ccc(-c4ccccc4)cc3-c3ccccc3)c3ccccc3-c3cccc4cccc(C5CCCCC5)c34)cccc21. The van der Waals surface area contributed by atoms with Gasteiger partial charge in [-0.2, -0.15) is 0 Å². The largest absolute Gasteiger partial charge is 0.309 e. The maximum Gasteiger partial charge on any atom is 0.0540 e. The molecule has 0 aromatic heterocycles. The van der Waals surface area contributed by atoms with E-state index in [9.17, 15) is 0 Å². The van der Waals surface area contributed by atoms with Crippen molar-refractivity contribution in [1.82, 2.24) is 0 Å². The quantitative estimate of drug-likeness (QED) is 0.148. The zero-order valence-electron chi connectivity index (χ0n) is 35.7. The molecule has 11 rings (SSSR count). The van der Waals surface area contributed by atoms with Gasteiger partial charge in [0.1, 0.15) is 0 Å². The van der Waals surface area contributed by atoms with E-state index in [-0.39, 0.29) is 5.41 Å². The number of anilines is 3. The van der Waals surface area contributed by atoms with Crippen LogP contribution in [-0.4, -0.2) is 0 Å². The van der Waals surface area contributed by atoms with Crippen molar-refractivity contribution in [2.45, 2.75) is 57.3 Å². The van der Waals surface area contributed by atoms with E-state index in [4.69, 9.17) is 0 Å². The van der Waals surface area contributed by atoms with Gasteiger partial charge in [-0.3, -0.25) is 0 Å². The van der Waals surface area contributed by atoms with Crippen molar-refractivity contribution in [2.24, 2.45) is 0 Å². The second kappa shape index (κ2) is 15.8. The van der Waals surface area contributed by atoms with Gasteiger partial charge in [-0.05, 0) is 109 Å². The molecule has 9 aromatic carbocycles. The lowest BCUT2D eigenvalue weighted by Gasteiger charge is -2.33. The molecule has 0 heterocycles. The highest BCUT2D eigenvalue weighted by Gasteiger charge is 2.37. The topological polar surface area (TPSA) is 3.24 Å². The Kier molecular flexibility index (Phi) is 9.69. The monoisotopic (exact) mass is 797 g/mol. The van der Waals surface area contributed by atoms with Crippen molar-refractivity contribution < 1.29 is 0 Å². The first-order chi connectivity index (χ1) is 30.6. The van der Waals surface area contributed by atoms with Crippen LogP contribution in [0.15, 0.2) is 206 Å². The molecular weight excluding hydrogens is 747 g/mol. The first kappa shape index (κ1) is 38.0. The average molecular weight is 798 g/mol. The number of rotatable bonds is 8. The first-order valence-electron chi connectivity index (χ1n) is 22.5. The molecule has 0 spiro atoms. The molecule has 0 unspecified atom stereocenters. The van der Waals surface area contributed by atoms with Crippen molar-refractivity contribution in [3.05, 3.63) is 223 Å². The van der Waals surface area contributed by atoms with Gasteiger partial charge in [0.25, 0.3) is 0 Å². The van der Waals surface area contributed by atoms with Crippen LogP contribution in [-0.2, 0) is 5.41 Å². The van der Waals surface area contributed by atoms with Gasteiger partial charge < -0.3 is 4.90 Å².